The van der Waals surface area contributed by atoms with Gasteiger partial charge in [-0.25, -0.2) is 0 Å². The number of fused-ring (bicyclic) bond motifs is 2. The molecule has 35 heavy (non-hydrogen) atoms. The highest BCUT2D eigenvalue weighted by molar-refractivity contribution is 5.95. The standard InChI is InChI=1S/C29H34N2O4/c1-20(2)6-5-7-21-8-10-22(11-9-21)28-24-17-30(14-3-4-15-31(24)25(28)18-32)29(33)23-12-13-26-27(16-23)35-19-34-26/h8-13,16,20,24-25,28,32H,3-4,6,14-15,17-19H2,1-2H3/t24-,25+,28-/m0/s1. The Morgan fingerprint density at radius 2 is 1.86 bits per heavy atom. The zero-order valence-corrected chi connectivity index (χ0v) is 20.6. The maximum atomic E-state index is 13.5. The second-order valence-electron chi connectivity index (χ2n) is 10.1. The van der Waals surface area contributed by atoms with Crippen molar-refractivity contribution >= 4 is 5.91 Å². The summed E-state index contributed by atoms with van der Waals surface area (Å²) in [5.74, 6) is 8.58. The van der Waals surface area contributed by atoms with E-state index in [0.29, 0.717) is 29.5 Å². The molecule has 0 spiro atoms. The zero-order valence-electron chi connectivity index (χ0n) is 20.6. The van der Waals surface area contributed by atoms with Crippen molar-refractivity contribution in [3.8, 4) is 23.3 Å². The first kappa shape index (κ1) is 23.7. The number of hydrogen-bond donors (Lipinski definition) is 1. The molecule has 0 bridgehead atoms. The smallest absolute Gasteiger partial charge is 0.254 e. The Morgan fingerprint density at radius 3 is 2.63 bits per heavy atom. The van der Waals surface area contributed by atoms with Crippen LogP contribution in [0.25, 0.3) is 0 Å². The van der Waals surface area contributed by atoms with E-state index in [9.17, 15) is 9.90 Å². The molecule has 2 fully saturated rings. The van der Waals surface area contributed by atoms with Crippen molar-refractivity contribution < 1.29 is 19.4 Å². The summed E-state index contributed by atoms with van der Waals surface area (Å²) < 4.78 is 10.9. The molecule has 6 nitrogen and oxygen atoms in total. The number of ether oxygens (including phenoxy) is 2. The van der Waals surface area contributed by atoms with Crippen molar-refractivity contribution in [2.45, 2.75) is 51.1 Å². The van der Waals surface area contributed by atoms with Gasteiger partial charge in [-0.15, -0.1) is 0 Å². The molecule has 2 aromatic rings. The molecule has 3 aliphatic heterocycles. The molecular formula is C29H34N2O4. The van der Waals surface area contributed by atoms with Crippen molar-refractivity contribution in [1.82, 2.24) is 9.80 Å². The maximum Gasteiger partial charge on any atom is 0.254 e. The van der Waals surface area contributed by atoms with Crippen LogP contribution in [-0.2, 0) is 0 Å². The van der Waals surface area contributed by atoms with Gasteiger partial charge in [0.05, 0.1) is 6.61 Å². The molecule has 0 aliphatic carbocycles. The first-order chi connectivity index (χ1) is 17.0. The molecule has 1 N–H and O–H groups in total. The third-order valence-corrected chi connectivity index (χ3v) is 7.32. The van der Waals surface area contributed by atoms with E-state index in [1.54, 1.807) is 6.07 Å². The van der Waals surface area contributed by atoms with E-state index in [1.807, 2.05) is 17.0 Å². The summed E-state index contributed by atoms with van der Waals surface area (Å²) in [5, 5.41) is 10.2. The Morgan fingerprint density at radius 1 is 1.09 bits per heavy atom. The van der Waals surface area contributed by atoms with E-state index in [4.69, 9.17) is 9.47 Å². The van der Waals surface area contributed by atoms with Gasteiger partial charge in [0.25, 0.3) is 5.91 Å². The van der Waals surface area contributed by atoms with Crippen molar-refractivity contribution in [3.63, 3.8) is 0 Å². The van der Waals surface area contributed by atoms with E-state index >= 15 is 0 Å². The van der Waals surface area contributed by atoms with Gasteiger partial charge >= 0.3 is 0 Å². The predicted octanol–water partition coefficient (Wildman–Crippen LogP) is 3.88. The lowest BCUT2D eigenvalue weighted by Gasteiger charge is -2.57. The molecule has 2 aromatic carbocycles. The second kappa shape index (κ2) is 10.3. The topological polar surface area (TPSA) is 62.2 Å². The van der Waals surface area contributed by atoms with Crippen molar-refractivity contribution in [2.75, 3.05) is 33.0 Å². The van der Waals surface area contributed by atoms with Gasteiger partial charge in [-0.2, -0.15) is 0 Å². The van der Waals surface area contributed by atoms with Gasteiger partial charge in [-0.05, 0) is 61.2 Å². The summed E-state index contributed by atoms with van der Waals surface area (Å²) in [4.78, 5) is 17.8. The Balaban J connectivity index is 1.34. The Bertz CT molecular complexity index is 1120. The molecule has 0 radical (unpaired) electrons. The van der Waals surface area contributed by atoms with E-state index in [2.05, 4.69) is 54.9 Å². The Hall–Kier alpha value is -3.01. The van der Waals surface area contributed by atoms with Crippen LogP contribution >= 0.6 is 0 Å². The zero-order chi connectivity index (χ0) is 24.4. The van der Waals surface area contributed by atoms with Crippen LogP contribution < -0.4 is 9.47 Å². The Kier molecular flexibility index (Phi) is 6.99. The van der Waals surface area contributed by atoms with Crippen LogP contribution in [0.4, 0.5) is 0 Å². The number of carbonyl (C=O) groups excluding carboxylic acids is 1. The lowest BCUT2D eigenvalue weighted by molar-refractivity contribution is -0.0606. The number of aliphatic hydroxyl groups excluding tert-OH is 1. The molecule has 0 saturated carbocycles. The highest BCUT2D eigenvalue weighted by Crippen LogP contribution is 2.42. The lowest BCUT2D eigenvalue weighted by Crippen LogP contribution is -2.67. The number of benzene rings is 2. The minimum Gasteiger partial charge on any atom is -0.454 e. The average molecular weight is 475 g/mol. The minimum atomic E-state index is 0.0205. The van der Waals surface area contributed by atoms with Gasteiger partial charge in [-0.1, -0.05) is 37.8 Å². The number of nitrogens with zero attached hydrogens (tertiary/aromatic N) is 2. The number of aliphatic hydroxyl groups is 1. The monoisotopic (exact) mass is 474 g/mol. The van der Waals surface area contributed by atoms with Crippen LogP contribution in [-0.4, -0.2) is 65.9 Å². The number of rotatable bonds is 4. The molecule has 3 atom stereocenters. The average Bonchev–Trinajstić information content (AvgIpc) is 3.31. The van der Waals surface area contributed by atoms with Crippen LogP contribution in [0.1, 0.15) is 60.5 Å². The summed E-state index contributed by atoms with van der Waals surface area (Å²) in [5.41, 5.74) is 2.85. The molecule has 0 unspecified atom stereocenters. The third kappa shape index (κ3) is 4.89. The van der Waals surface area contributed by atoms with Crippen LogP contribution in [0.5, 0.6) is 11.5 Å². The molecule has 1 amide bonds. The van der Waals surface area contributed by atoms with E-state index in [-0.39, 0.29) is 37.3 Å². The van der Waals surface area contributed by atoms with Gasteiger partial charge in [-0.3, -0.25) is 9.69 Å². The largest absolute Gasteiger partial charge is 0.454 e. The first-order valence-corrected chi connectivity index (χ1v) is 12.7. The van der Waals surface area contributed by atoms with Gasteiger partial charge in [0, 0.05) is 48.6 Å². The molecule has 184 valence electrons. The van der Waals surface area contributed by atoms with Gasteiger partial charge in [0.1, 0.15) is 0 Å². The fourth-order valence-electron chi connectivity index (χ4n) is 5.48. The summed E-state index contributed by atoms with van der Waals surface area (Å²) >= 11 is 0. The summed E-state index contributed by atoms with van der Waals surface area (Å²) in [6, 6.07) is 14.1. The lowest BCUT2D eigenvalue weighted by atomic mass is 9.74. The SMILES string of the molecule is CC(C)CC#Cc1ccc([C@@H]2[C@@H](CO)N3CCCCN(C(=O)c4ccc5c(c4)OCO5)C[C@@H]23)cc1. The minimum absolute atomic E-state index is 0.0205. The van der Waals surface area contributed by atoms with Gasteiger partial charge in [0.15, 0.2) is 11.5 Å². The quantitative estimate of drug-likeness (QED) is 0.682. The van der Waals surface area contributed by atoms with Crippen LogP contribution in [0.3, 0.4) is 0 Å². The fourth-order valence-corrected chi connectivity index (χ4v) is 5.48. The molecule has 2 saturated heterocycles. The normalized spacial score (nSPS) is 23.5. The van der Waals surface area contributed by atoms with E-state index in [1.165, 1.54) is 5.56 Å². The molecule has 6 heteroatoms. The van der Waals surface area contributed by atoms with Crippen molar-refractivity contribution in [2.24, 2.45) is 5.92 Å². The molecule has 5 rings (SSSR count). The summed E-state index contributed by atoms with van der Waals surface area (Å²) in [6.45, 7) is 6.99. The van der Waals surface area contributed by atoms with Crippen molar-refractivity contribution in [3.05, 3.63) is 59.2 Å². The predicted molar refractivity (Wildman–Crippen MR) is 135 cm³/mol. The fraction of sp³-hybridized carbons (Fsp3) is 0.483. The van der Waals surface area contributed by atoms with Crippen molar-refractivity contribution in [1.29, 1.82) is 0 Å². The molecular weight excluding hydrogens is 440 g/mol. The number of hydrogen-bond acceptors (Lipinski definition) is 5. The highest BCUT2D eigenvalue weighted by atomic mass is 16.7. The van der Waals surface area contributed by atoms with E-state index in [0.717, 1.165) is 37.9 Å². The summed E-state index contributed by atoms with van der Waals surface area (Å²) in [6.07, 6.45) is 2.85. The summed E-state index contributed by atoms with van der Waals surface area (Å²) in [7, 11) is 0. The number of amides is 1. The Labute approximate surface area is 207 Å². The second-order valence-corrected chi connectivity index (χ2v) is 10.1. The van der Waals surface area contributed by atoms with Crippen LogP contribution in [0.15, 0.2) is 42.5 Å². The van der Waals surface area contributed by atoms with E-state index < -0.39 is 0 Å². The van der Waals surface area contributed by atoms with Crippen LogP contribution in [0, 0.1) is 17.8 Å². The van der Waals surface area contributed by atoms with Gasteiger partial charge in [0.2, 0.25) is 6.79 Å². The first-order valence-electron chi connectivity index (χ1n) is 12.7. The van der Waals surface area contributed by atoms with Gasteiger partial charge < -0.3 is 19.5 Å². The van der Waals surface area contributed by atoms with Crippen LogP contribution in [0.2, 0.25) is 0 Å². The number of carbonyl (C=O) groups is 1. The maximum absolute atomic E-state index is 13.5. The molecule has 3 heterocycles. The molecule has 3 aliphatic rings. The molecule has 0 aromatic heterocycles. The third-order valence-electron chi connectivity index (χ3n) is 7.32. The highest BCUT2D eigenvalue weighted by Gasteiger charge is 2.49.